The fourth-order valence-corrected chi connectivity index (χ4v) is 3.81. The number of nitrogens with one attached hydrogen (secondary N) is 2. The van der Waals surface area contributed by atoms with Gasteiger partial charge in [-0.25, -0.2) is 8.42 Å². The first-order valence-corrected chi connectivity index (χ1v) is 10.1. The molecule has 5 nitrogen and oxygen atoms in total. The standard InChI is InChI=1S/C18H21BrN2O3S/c1-12(2)17(18(22)20-15-8-6-14(19)7-9-15)21-25(23,24)16-10-4-13(3)5-11-16/h4-12,17,21H,1-3H3,(H,20,22)/t17-/m0/s1. The van der Waals surface area contributed by atoms with Gasteiger partial charge in [-0.1, -0.05) is 47.5 Å². The number of amides is 1. The van der Waals surface area contributed by atoms with Gasteiger partial charge < -0.3 is 5.32 Å². The summed E-state index contributed by atoms with van der Waals surface area (Å²) in [7, 11) is -3.78. The SMILES string of the molecule is Cc1ccc(S(=O)(=O)N[C@H](C(=O)Nc2ccc(Br)cc2)C(C)C)cc1. The lowest BCUT2D eigenvalue weighted by molar-refractivity contribution is -0.118. The van der Waals surface area contributed by atoms with Gasteiger partial charge in [-0.15, -0.1) is 0 Å². The zero-order valence-corrected chi connectivity index (χ0v) is 16.7. The van der Waals surface area contributed by atoms with E-state index in [4.69, 9.17) is 0 Å². The summed E-state index contributed by atoms with van der Waals surface area (Å²) in [6.45, 7) is 5.47. The summed E-state index contributed by atoms with van der Waals surface area (Å²) in [5, 5.41) is 2.75. The van der Waals surface area contributed by atoms with Crippen LogP contribution in [0, 0.1) is 12.8 Å². The van der Waals surface area contributed by atoms with Crippen molar-refractivity contribution in [2.24, 2.45) is 5.92 Å². The Balaban J connectivity index is 2.18. The van der Waals surface area contributed by atoms with Crippen molar-refractivity contribution in [3.05, 3.63) is 58.6 Å². The summed E-state index contributed by atoms with van der Waals surface area (Å²) in [5.74, 6) is -0.608. The van der Waals surface area contributed by atoms with Gasteiger partial charge in [0.05, 0.1) is 4.90 Å². The summed E-state index contributed by atoms with van der Waals surface area (Å²) in [4.78, 5) is 12.7. The third-order valence-corrected chi connectivity index (χ3v) is 5.66. The molecule has 0 spiro atoms. The van der Waals surface area contributed by atoms with Crippen LogP contribution in [0.15, 0.2) is 57.9 Å². The van der Waals surface area contributed by atoms with Gasteiger partial charge in [0, 0.05) is 10.2 Å². The topological polar surface area (TPSA) is 75.3 Å². The van der Waals surface area contributed by atoms with Crippen LogP contribution in [0.25, 0.3) is 0 Å². The van der Waals surface area contributed by atoms with Gasteiger partial charge in [-0.2, -0.15) is 4.72 Å². The van der Waals surface area contributed by atoms with Gasteiger partial charge in [-0.3, -0.25) is 4.79 Å². The number of carbonyl (C=O) groups excluding carboxylic acids is 1. The fourth-order valence-electron chi connectivity index (χ4n) is 2.20. The second-order valence-corrected chi connectivity index (χ2v) is 8.78. The van der Waals surface area contributed by atoms with Crippen molar-refractivity contribution < 1.29 is 13.2 Å². The molecule has 7 heteroatoms. The summed E-state index contributed by atoms with van der Waals surface area (Å²) in [6, 6.07) is 12.7. The number of hydrogen-bond donors (Lipinski definition) is 2. The second-order valence-electron chi connectivity index (χ2n) is 6.15. The molecule has 1 atom stereocenters. The van der Waals surface area contributed by atoms with Crippen LogP contribution in [0.1, 0.15) is 19.4 Å². The Morgan fingerprint density at radius 3 is 2.08 bits per heavy atom. The third-order valence-electron chi connectivity index (χ3n) is 3.67. The monoisotopic (exact) mass is 424 g/mol. The van der Waals surface area contributed by atoms with E-state index >= 15 is 0 Å². The lowest BCUT2D eigenvalue weighted by atomic mass is 10.0. The summed E-state index contributed by atoms with van der Waals surface area (Å²) in [5.41, 5.74) is 1.57. The Bertz CT molecular complexity index is 832. The molecule has 25 heavy (non-hydrogen) atoms. The first-order chi connectivity index (χ1) is 11.7. The molecular weight excluding hydrogens is 404 g/mol. The second kappa shape index (κ2) is 8.12. The lowest BCUT2D eigenvalue weighted by Crippen LogP contribution is -2.47. The highest BCUT2D eigenvalue weighted by Crippen LogP contribution is 2.17. The molecule has 2 N–H and O–H groups in total. The molecular formula is C18H21BrN2O3S. The van der Waals surface area contributed by atoms with Crippen LogP contribution >= 0.6 is 15.9 Å². The van der Waals surface area contributed by atoms with E-state index in [1.54, 1.807) is 50.2 Å². The summed E-state index contributed by atoms with van der Waals surface area (Å²) in [6.07, 6.45) is 0. The Morgan fingerprint density at radius 2 is 1.56 bits per heavy atom. The number of benzene rings is 2. The first-order valence-electron chi connectivity index (χ1n) is 7.84. The smallest absolute Gasteiger partial charge is 0.242 e. The molecule has 0 unspecified atom stereocenters. The molecule has 0 aliphatic carbocycles. The Kier molecular flexibility index (Phi) is 6.37. The molecule has 0 fully saturated rings. The van der Waals surface area contributed by atoms with Crippen LogP contribution in [-0.4, -0.2) is 20.4 Å². The molecule has 0 heterocycles. The van der Waals surface area contributed by atoms with E-state index in [0.29, 0.717) is 5.69 Å². The molecule has 0 aromatic heterocycles. The van der Waals surface area contributed by atoms with Gasteiger partial charge in [0.25, 0.3) is 0 Å². The van der Waals surface area contributed by atoms with E-state index in [1.165, 1.54) is 12.1 Å². The molecule has 2 aromatic rings. The van der Waals surface area contributed by atoms with E-state index < -0.39 is 22.0 Å². The number of aryl methyl sites for hydroxylation is 1. The normalized spacial score (nSPS) is 12.8. The number of hydrogen-bond acceptors (Lipinski definition) is 3. The van der Waals surface area contributed by atoms with E-state index in [1.807, 2.05) is 6.92 Å². The predicted octanol–water partition coefficient (Wildman–Crippen LogP) is 3.70. The lowest BCUT2D eigenvalue weighted by Gasteiger charge is -2.21. The molecule has 0 aliphatic rings. The Hall–Kier alpha value is -1.70. The molecule has 1 amide bonds. The van der Waals surface area contributed by atoms with Crippen molar-refractivity contribution in [3.8, 4) is 0 Å². The van der Waals surface area contributed by atoms with Crippen molar-refractivity contribution >= 4 is 37.5 Å². The minimum absolute atomic E-state index is 0.139. The van der Waals surface area contributed by atoms with Crippen LogP contribution in [0.2, 0.25) is 0 Å². The van der Waals surface area contributed by atoms with Crippen molar-refractivity contribution in [1.29, 1.82) is 0 Å². The average Bonchev–Trinajstić information content (AvgIpc) is 2.55. The zero-order chi connectivity index (χ0) is 18.6. The van der Waals surface area contributed by atoms with Crippen LogP contribution in [0.4, 0.5) is 5.69 Å². The maximum absolute atomic E-state index is 12.6. The highest BCUT2D eigenvalue weighted by molar-refractivity contribution is 9.10. The van der Waals surface area contributed by atoms with E-state index in [9.17, 15) is 13.2 Å². The molecule has 2 rings (SSSR count). The largest absolute Gasteiger partial charge is 0.325 e. The van der Waals surface area contributed by atoms with Gasteiger partial charge >= 0.3 is 0 Å². The maximum atomic E-state index is 12.6. The number of halogens is 1. The van der Waals surface area contributed by atoms with Crippen LogP contribution < -0.4 is 10.0 Å². The number of carbonyl (C=O) groups is 1. The van der Waals surface area contributed by atoms with Gasteiger partial charge in [0.2, 0.25) is 15.9 Å². The summed E-state index contributed by atoms with van der Waals surface area (Å²) >= 11 is 3.33. The quantitative estimate of drug-likeness (QED) is 0.741. The molecule has 0 aliphatic heterocycles. The highest BCUT2D eigenvalue weighted by Gasteiger charge is 2.28. The number of rotatable bonds is 6. The minimum atomic E-state index is -3.78. The molecule has 134 valence electrons. The Labute approximate surface area is 157 Å². The van der Waals surface area contributed by atoms with Crippen LogP contribution in [0.5, 0.6) is 0 Å². The molecule has 2 aromatic carbocycles. The molecule has 0 bridgehead atoms. The van der Waals surface area contributed by atoms with Crippen LogP contribution in [0.3, 0.4) is 0 Å². The molecule has 0 saturated carbocycles. The van der Waals surface area contributed by atoms with E-state index in [2.05, 4.69) is 26.0 Å². The fraction of sp³-hybridized carbons (Fsp3) is 0.278. The van der Waals surface area contributed by atoms with Crippen molar-refractivity contribution in [2.45, 2.75) is 31.7 Å². The Morgan fingerprint density at radius 1 is 1.00 bits per heavy atom. The molecule has 0 saturated heterocycles. The first kappa shape index (κ1) is 19.6. The third kappa shape index (κ3) is 5.39. The average molecular weight is 425 g/mol. The van der Waals surface area contributed by atoms with Crippen LogP contribution in [-0.2, 0) is 14.8 Å². The number of sulfonamides is 1. The van der Waals surface area contributed by atoms with Gasteiger partial charge in [-0.05, 0) is 49.2 Å². The number of anilines is 1. The maximum Gasteiger partial charge on any atom is 0.242 e. The predicted molar refractivity (Wildman–Crippen MR) is 103 cm³/mol. The van der Waals surface area contributed by atoms with Crippen molar-refractivity contribution in [3.63, 3.8) is 0 Å². The highest BCUT2D eigenvalue weighted by atomic mass is 79.9. The molecule has 0 radical (unpaired) electrons. The van der Waals surface area contributed by atoms with E-state index in [0.717, 1.165) is 10.0 Å². The minimum Gasteiger partial charge on any atom is -0.325 e. The van der Waals surface area contributed by atoms with Crippen molar-refractivity contribution in [2.75, 3.05) is 5.32 Å². The van der Waals surface area contributed by atoms with Gasteiger partial charge in [0.1, 0.15) is 6.04 Å². The van der Waals surface area contributed by atoms with Crippen molar-refractivity contribution in [1.82, 2.24) is 4.72 Å². The summed E-state index contributed by atoms with van der Waals surface area (Å²) < 4.78 is 28.5. The van der Waals surface area contributed by atoms with Gasteiger partial charge in [0.15, 0.2) is 0 Å². The van der Waals surface area contributed by atoms with E-state index in [-0.39, 0.29) is 10.8 Å². The zero-order valence-electron chi connectivity index (χ0n) is 14.3.